The van der Waals surface area contributed by atoms with E-state index in [-0.39, 0.29) is 10.6 Å². The van der Waals surface area contributed by atoms with Gasteiger partial charge in [-0.25, -0.2) is 0 Å². The summed E-state index contributed by atoms with van der Waals surface area (Å²) in [5.41, 5.74) is 1.04. The molecular weight excluding hydrogens is 252 g/mol. The molecule has 1 atom stereocenters. The van der Waals surface area contributed by atoms with Gasteiger partial charge in [0.15, 0.2) is 0 Å². The fourth-order valence-corrected chi connectivity index (χ4v) is 2.37. The smallest absolute Gasteiger partial charge is 0.272 e. The van der Waals surface area contributed by atoms with Crippen molar-refractivity contribution in [2.75, 3.05) is 13.1 Å². The SMILES string of the molecule is CCCCC(CC)CNCCc1ccccc1[N+](=O)[O-]. The maximum atomic E-state index is 10.9. The van der Waals surface area contributed by atoms with E-state index >= 15 is 0 Å². The summed E-state index contributed by atoms with van der Waals surface area (Å²) in [6.45, 7) is 6.25. The number of nitrogens with zero attached hydrogens (tertiary/aromatic N) is 1. The van der Waals surface area contributed by atoms with Crippen LogP contribution < -0.4 is 5.32 Å². The number of unbranched alkanes of at least 4 members (excludes halogenated alkanes) is 1. The quantitative estimate of drug-likeness (QED) is 0.400. The summed E-state index contributed by atoms with van der Waals surface area (Å²) in [6.07, 6.45) is 5.70. The second-order valence-corrected chi connectivity index (χ2v) is 5.26. The number of hydrogen-bond acceptors (Lipinski definition) is 3. The number of rotatable bonds is 10. The summed E-state index contributed by atoms with van der Waals surface area (Å²) in [5.74, 6) is 0.723. The minimum absolute atomic E-state index is 0.229. The second kappa shape index (κ2) is 9.48. The number of para-hydroxylation sites is 1. The highest BCUT2D eigenvalue weighted by Crippen LogP contribution is 2.17. The van der Waals surface area contributed by atoms with Crippen LogP contribution in [-0.4, -0.2) is 18.0 Å². The van der Waals surface area contributed by atoms with Gasteiger partial charge in [0.25, 0.3) is 5.69 Å². The molecule has 0 heterocycles. The lowest BCUT2D eigenvalue weighted by atomic mass is 9.99. The van der Waals surface area contributed by atoms with Crippen LogP contribution in [0.1, 0.15) is 45.1 Å². The first-order valence-electron chi connectivity index (χ1n) is 7.62. The Morgan fingerprint density at radius 3 is 2.70 bits per heavy atom. The van der Waals surface area contributed by atoms with Crippen molar-refractivity contribution in [3.05, 3.63) is 39.9 Å². The van der Waals surface area contributed by atoms with Gasteiger partial charge in [-0.1, -0.05) is 51.3 Å². The van der Waals surface area contributed by atoms with Crippen LogP contribution in [0.25, 0.3) is 0 Å². The molecule has 1 unspecified atom stereocenters. The van der Waals surface area contributed by atoms with Gasteiger partial charge in [0.1, 0.15) is 0 Å². The monoisotopic (exact) mass is 278 g/mol. The highest BCUT2D eigenvalue weighted by Gasteiger charge is 2.11. The van der Waals surface area contributed by atoms with E-state index < -0.39 is 0 Å². The topological polar surface area (TPSA) is 55.2 Å². The van der Waals surface area contributed by atoms with Crippen molar-refractivity contribution in [2.45, 2.75) is 46.0 Å². The van der Waals surface area contributed by atoms with Gasteiger partial charge in [0.2, 0.25) is 0 Å². The van der Waals surface area contributed by atoms with Crippen LogP contribution in [0.4, 0.5) is 5.69 Å². The molecule has 0 aliphatic rings. The van der Waals surface area contributed by atoms with Crippen molar-refractivity contribution in [2.24, 2.45) is 5.92 Å². The van der Waals surface area contributed by atoms with Gasteiger partial charge in [-0.2, -0.15) is 0 Å². The molecule has 0 aliphatic carbocycles. The molecule has 0 aliphatic heterocycles. The summed E-state index contributed by atoms with van der Waals surface area (Å²) in [4.78, 5) is 10.6. The molecule has 0 bridgehead atoms. The van der Waals surface area contributed by atoms with Crippen LogP contribution in [0.3, 0.4) is 0 Å². The van der Waals surface area contributed by atoms with E-state index in [0.717, 1.165) is 24.6 Å². The standard InChI is InChI=1S/C16H26N2O2/c1-3-5-8-14(4-2)13-17-12-11-15-9-6-7-10-16(15)18(19)20/h6-7,9-10,14,17H,3-5,8,11-13H2,1-2H3. The van der Waals surface area contributed by atoms with E-state index in [0.29, 0.717) is 6.42 Å². The molecule has 112 valence electrons. The Hall–Kier alpha value is -1.42. The van der Waals surface area contributed by atoms with Gasteiger partial charge in [-0.15, -0.1) is 0 Å². The highest BCUT2D eigenvalue weighted by atomic mass is 16.6. The number of nitro groups is 1. The maximum Gasteiger partial charge on any atom is 0.272 e. The Bertz CT molecular complexity index is 407. The van der Waals surface area contributed by atoms with Crippen molar-refractivity contribution in [1.82, 2.24) is 5.32 Å². The molecule has 0 saturated heterocycles. The van der Waals surface area contributed by atoms with E-state index in [4.69, 9.17) is 0 Å². The van der Waals surface area contributed by atoms with Gasteiger partial charge in [0.05, 0.1) is 4.92 Å². The Balaban J connectivity index is 2.35. The lowest BCUT2D eigenvalue weighted by Gasteiger charge is -2.15. The van der Waals surface area contributed by atoms with Crippen LogP contribution in [0, 0.1) is 16.0 Å². The molecule has 1 aromatic carbocycles. The summed E-state index contributed by atoms with van der Waals surface area (Å²) < 4.78 is 0. The highest BCUT2D eigenvalue weighted by molar-refractivity contribution is 5.39. The van der Waals surface area contributed by atoms with Crippen molar-refractivity contribution in [1.29, 1.82) is 0 Å². The zero-order valence-electron chi connectivity index (χ0n) is 12.6. The van der Waals surface area contributed by atoms with Crippen molar-refractivity contribution >= 4 is 5.69 Å². The maximum absolute atomic E-state index is 10.9. The Labute approximate surface area is 121 Å². The van der Waals surface area contributed by atoms with Gasteiger partial charge in [-0.05, 0) is 31.8 Å². The Kier molecular flexibility index (Phi) is 7.88. The first-order chi connectivity index (χ1) is 9.69. The van der Waals surface area contributed by atoms with Crippen LogP contribution in [-0.2, 0) is 6.42 Å². The molecule has 0 fully saturated rings. The number of nitro benzene ring substituents is 1. The Morgan fingerprint density at radius 2 is 2.05 bits per heavy atom. The van der Waals surface area contributed by atoms with E-state index in [1.54, 1.807) is 12.1 Å². The zero-order valence-corrected chi connectivity index (χ0v) is 12.6. The molecular formula is C16H26N2O2. The third kappa shape index (κ3) is 5.70. The third-order valence-electron chi connectivity index (χ3n) is 3.74. The largest absolute Gasteiger partial charge is 0.316 e. The first-order valence-corrected chi connectivity index (χ1v) is 7.62. The molecule has 0 amide bonds. The lowest BCUT2D eigenvalue weighted by molar-refractivity contribution is -0.385. The minimum atomic E-state index is -0.300. The van der Waals surface area contributed by atoms with Gasteiger partial charge >= 0.3 is 0 Å². The average molecular weight is 278 g/mol. The number of benzene rings is 1. The van der Waals surface area contributed by atoms with Crippen LogP contribution in [0.15, 0.2) is 24.3 Å². The van der Waals surface area contributed by atoms with Gasteiger partial charge < -0.3 is 5.32 Å². The van der Waals surface area contributed by atoms with Crippen molar-refractivity contribution in [3.8, 4) is 0 Å². The summed E-state index contributed by atoms with van der Waals surface area (Å²) in [7, 11) is 0. The molecule has 4 nitrogen and oxygen atoms in total. The predicted octanol–water partition coefficient (Wildman–Crippen LogP) is 3.94. The first kappa shape index (κ1) is 16.6. The van der Waals surface area contributed by atoms with Crippen LogP contribution in [0.5, 0.6) is 0 Å². The van der Waals surface area contributed by atoms with Gasteiger partial charge in [-0.3, -0.25) is 10.1 Å². The zero-order chi connectivity index (χ0) is 14.8. The molecule has 0 radical (unpaired) electrons. The third-order valence-corrected chi connectivity index (χ3v) is 3.74. The van der Waals surface area contributed by atoms with Crippen LogP contribution >= 0.6 is 0 Å². The fourth-order valence-electron chi connectivity index (χ4n) is 2.37. The van der Waals surface area contributed by atoms with Gasteiger partial charge in [0, 0.05) is 11.6 Å². The number of nitrogens with one attached hydrogen (secondary N) is 1. The average Bonchev–Trinajstić information content (AvgIpc) is 2.46. The molecule has 1 rings (SSSR count). The predicted molar refractivity (Wildman–Crippen MR) is 83.0 cm³/mol. The minimum Gasteiger partial charge on any atom is -0.316 e. The van der Waals surface area contributed by atoms with E-state index in [2.05, 4.69) is 19.2 Å². The lowest BCUT2D eigenvalue weighted by Crippen LogP contribution is -2.24. The fraction of sp³-hybridized carbons (Fsp3) is 0.625. The van der Waals surface area contributed by atoms with E-state index in [9.17, 15) is 10.1 Å². The summed E-state index contributed by atoms with van der Waals surface area (Å²) in [5, 5.41) is 14.3. The Morgan fingerprint density at radius 1 is 1.30 bits per heavy atom. The molecule has 1 aromatic rings. The molecule has 20 heavy (non-hydrogen) atoms. The van der Waals surface area contributed by atoms with Crippen molar-refractivity contribution in [3.63, 3.8) is 0 Å². The summed E-state index contributed by atoms with van der Waals surface area (Å²) in [6, 6.07) is 6.99. The van der Waals surface area contributed by atoms with Crippen molar-refractivity contribution < 1.29 is 4.92 Å². The molecule has 0 aromatic heterocycles. The molecule has 4 heteroatoms. The van der Waals surface area contributed by atoms with E-state index in [1.165, 1.54) is 25.7 Å². The number of hydrogen-bond donors (Lipinski definition) is 1. The van der Waals surface area contributed by atoms with E-state index in [1.807, 2.05) is 12.1 Å². The second-order valence-electron chi connectivity index (χ2n) is 5.26. The molecule has 0 spiro atoms. The summed E-state index contributed by atoms with van der Waals surface area (Å²) >= 11 is 0. The van der Waals surface area contributed by atoms with Crippen LogP contribution in [0.2, 0.25) is 0 Å². The normalized spacial score (nSPS) is 12.3. The molecule has 1 N–H and O–H groups in total. The molecule has 0 saturated carbocycles.